The molecule has 45 heavy (non-hydrogen) atoms. The van der Waals surface area contributed by atoms with E-state index in [9.17, 15) is 28.1 Å². The fourth-order valence-electron chi connectivity index (χ4n) is 4.62. The molecule has 0 aromatic heterocycles. The highest BCUT2D eigenvalue weighted by Gasteiger charge is 2.36. The van der Waals surface area contributed by atoms with E-state index in [4.69, 9.17) is 27.9 Å². The van der Waals surface area contributed by atoms with Crippen LogP contribution in [0.15, 0.2) is 65.6 Å². The first-order chi connectivity index (χ1) is 21.2. The lowest BCUT2D eigenvalue weighted by atomic mass is 10.1. The standard InChI is InChI=1S/C31H36Cl2N4O7S/c1-6-21(4)34-31(39)26(7-2)35(18-22-10-8-9-11-25(22)33)30(38)19-36(28-16-23(32)13-15-29(28)44-5)45(42,43)24-14-12-20(3)27(17-24)37(40)41/h8-17,21,26H,6-7,18-19H2,1-5H3,(H,34,39)/t21-,26-/m1/s1. The molecule has 0 aliphatic heterocycles. The number of amides is 2. The van der Waals surface area contributed by atoms with E-state index in [0.29, 0.717) is 17.0 Å². The number of hydrogen-bond donors (Lipinski definition) is 1. The zero-order valence-corrected chi connectivity index (χ0v) is 27.9. The van der Waals surface area contributed by atoms with Crippen molar-refractivity contribution < 1.29 is 27.7 Å². The first-order valence-electron chi connectivity index (χ1n) is 14.2. The van der Waals surface area contributed by atoms with Gasteiger partial charge in [-0.1, -0.05) is 61.3 Å². The molecule has 0 bridgehead atoms. The second-order valence-electron chi connectivity index (χ2n) is 10.4. The van der Waals surface area contributed by atoms with Crippen molar-refractivity contribution in [3.8, 4) is 5.75 Å². The summed E-state index contributed by atoms with van der Waals surface area (Å²) >= 11 is 12.7. The molecule has 1 N–H and O–H groups in total. The summed E-state index contributed by atoms with van der Waals surface area (Å²) in [7, 11) is -3.32. The second kappa shape index (κ2) is 15.4. The maximum Gasteiger partial charge on any atom is 0.273 e. The van der Waals surface area contributed by atoms with Gasteiger partial charge in [-0.2, -0.15) is 0 Å². The van der Waals surface area contributed by atoms with Gasteiger partial charge in [0.1, 0.15) is 18.3 Å². The molecule has 3 rings (SSSR count). The van der Waals surface area contributed by atoms with Gasteiger partial charge in [0.05, 0.1) is 22.6 Å². The van der Waals surface area contributed by atoms with E-state index >= 15 is 0 Å². The van der Waals surface area contributed by atoms with E-state index < -0.39 is 49.9 Å². The number of halogens is 2. The molecule has 0 aliphatic carbocycles. The Bertz CT molecular complexity index is 1670. The van der Waals surface area contributed by atoms with Crippen LogP contribution in [0.5, 0.6) is 5.75 Å². The Morgan fingerprint density at radius 1 is 1.04 bits per heavy atom. The minimum Gasteiger partial charge on any atom is -0.495 e. The van der Waals surface area contributed by atoms with Crippen molar-refractivity contribution in [3.05, 3.63) is 92.0 Å². The molecular formula is C31H36Cl2N4O7S. The Morgan fingerprint density at radius 2 is 1.73 bits per heavy atom. The number of nitrogens with zero attached hydrogens (tertiary/aromatic N) is 3. The average molecular weight is 680 g/mol. The number of carbonyl (C=O) groups is 2. The van der Waals surface area contributed by atoms with Gasteiger partial charge in [0.15, 0.2) is 0 Å². The number of carbonyl (C=O) groups excluding carboxylic acids is 2. The van der Waals surface area contributed by atoms with Crippen LogP contribution in [0, 0.1) is 17.0 Å². The molecular weight excluding hydrogens is 643 g/mol. The van der Waals surface area contributed by atoms with Gasteiger partial charge in [-0.05, 0) is 62.6 Å². The highest BCUT2D eigenvalue weighted by molar-refractivity contribution is 7.92. The van der Waals surface area contributed by atoms with Crippen LogP contribution >= 0.6 is 23.2 Å². The molecule has 0 saturated heterocycles. The third-order valence-electron chi connectivity index (χ3n) is 7.34. The third-order valence-corrected chi connectivity index (χ3v) is 9.70. The quantitative estimate of drug-likeness (QED) is 0.160. The van der Waals surface area contributed by atoms with Crippen molar-refractivity contribution >= 4 is 56.4 Å². The molecule has 11 nitrogen and oxygen atoms in total. The Hall–Kier alpha value is -3.87. The number of benzene rings is 3. The molecule has 2 amide bonds. The minimum absolute atomic E-state index is 0.0728. The van der Waals surface area contributed by atoms with E-state index in [-0.39, 0.29) is 41.0 Å². The van der Waals surface area contributed by atoms with Gasteiger partial charge in [-0.3, -0.25) is 24.0 Å². The zero-order valence-electron chi connectivity index (χ0n) is 25.6. The van der Waals surface area contributed by atoms with Crippen molar-refractivity contribution in [1.29, 1.82) is 0 Å². The molecule has 0 heterocycles. The summed E-state index contributed by atoms with van der Waals surface area (Å²) < 4.78 is 34.7. The predicted octanol–water partition coefficient (Wildman–Crippen LogP) is 6.14. The number of sulfonamides is 1. The van der Waals surface area contributed by atoms with Crippen LogP contribution in [0.25, 0.3) is 0 Å². The number of nitro groups is 1. The van der Waals surface area contributed by atoms with E-state index in [1.165, 1.54) is 49.3 Å². The molecule has 0 aliphatic rings. The molecule has 0 radical (unpaired) electrons. The molecule has 14 heteroatoms. The van der Waals surface area contributed by atoms with Crippen molar-refractivity contribution in [2.75, 3.05) is 18.0 Å². The van der Waals surface area contributed by atoms with Gasteiger partial charge in [0, 0.05) is 34.3 Å². The van der Waals surface area contributed by atoms with Crippen LogP contribution in [0.4, 0.5) is 11.4 Å². The van der Waals surface area contributed by atoms with Crippen molar-refractivity contribution in [3.63, 3.8) is 0 Å². The highest BCUT2D eigenvalue weighted by Crippen LogP contribution is 2.36. The van der Waals surface area contributed by atoms with E-state index in [2.05, 4.69) is 5.32 Å². The van der Waals surface area contributed by atoms with Gasteiger partial charge in [0.25, 0.3) is 15.7 Å². The predicted molar refractivity (Wildman–Crippen MR) is 174 cm³/mol. The fourth-order valence-corrected chi connectivity index (χ4v) is 6.41. The summed E-state index contributed by atoms with van der Waals surface area (Å²) in [6.45, 7) is 6.09. The first kappa shape index (κ1) is 35.6. The summed E-state index contributed by atoms with van der Waals surface area (Å²) in [5, 5.41) is 15.1. The van der Waals surface area contributed by atoms with Crippen LogP contribution in [0.3, 0.4) is 0 Å². The summed E-state index contributed by atoms with van der Waals surface area (Å²) in [6, 6.07) is 13.4. The summed E-state index contributed by atoms with van der Waals surface area (Å²) in [5.41, 5.74) is 0.321. The van der Waals surface area contributed by atoms with Crippen LogP contribution in [0.2, 0.25) is 10.0 Å². The molecule has 0 spiro atoms. The molecule has 242 valence electrons. The Morgan fingerprint density at radius 3 is 2.33 bits per heavy atom. The SMILES string of the molecule is CC[C@@H](C)NC(=O)[C@@H](CC)N(Cc1ccccc1Cl)C(=O)CN(c1cc(Cl)ccc1OC)S(=O)(=O)c1ccc(C)c([N+](=O)[O-])c1. The number of aryl methyl sites for hydroxylation is 1. The van der Waals surface area contributed by atoms with Crippen molar-refractivity contribution in [2.24, 2.45) is 0 Å². The lowest BCUT2D eigenvalue weighted by Crippen LogP contribution is -2.53. The molecule has 3 aromatic carbocycles. The number of hydrogen-bond acceptors (Lipinski definition) is 7. The average Bonchev–Trinajstić information content (AvgIpc) is 3.00. The Labute approximate surface area is 273 Å². The van der Waals surface area contributed by atoms with Crippen LogP contribution in [-0.2, 0) is 26.2 Å². The molecule has 0 fully saturated rings. The first-order valence-corrected chi connectivity index (χ1v) is 16.4. The molecule has 0 unspecified atom stereocenters. The van der Waals surface area contributed by atoms with Crippen LogP contribution in [0.1, 0.15) is 44.7 Å². The van der Waals surface area contributed by atoms with Gasteiger partial charge in [-0.15, -0.1) is 0 Å². The lowest BCUT2D eigenvalue weighted by molar-refractivity contribution is -0.385. The smallest absolute Gasteiger partial charge is 0.273 e. The van der Waals surface area contributed by atoms with Gasteiger partial charge in [-0.25, -0.2) is 8.42 Å². The van der Waals surface area contributed by atoms with Crippen LogP contribution < -0.4 is 14.4 Å². The van der Waals surface area contributed by atoms with Crippen LogP contribution in [-0.4, -0.2) is 55.8 Å². The maximum atomic E-state index is 14.3. The van der Waals surface area contributed by atoms with E-state index in [0.717, 1.165) is 10.4 Å². The topological polar surface area (TPSA) is 139 Å². The van der Waals surface area contributed by atoms with E-state index in [1.54, 1.807) is 31.2 Å². The number of nitrogens with one attached hydrogen (secondary N) is 1. The molecule has 0 saturated carbocycles. The van der Waals surface area contributed by atoms with Gasteiger partial charge in [0.2, 0.25) is 11.8 Å². The maximum absolute atomic E-state index is 14.3. The highest BCUT2D eigenvalue weighted by atomic mass is 35.5. The number of ether oxygens (including phenoxy) is 1. The minimum atomic E-state index is -4.65. The number of anilines is 1. The largest absolute Gasteiger partial charge is 0.495 e. The van der Waals surface area contributed by atoms with Crippen molar-refractivity contribution in [1.82, 2.24) is 10.2 Å². The fraction of sp³-hybridized carbons (Fsp3) is 0.355. The lowest BCUT2D eigenvalue weighted by Gasteiger charge is -2.34. The van der Waals surface area contributed by atoms with Crippen molar-refractivity contribution in [2.45, 2.75) is 64.1 Å². The summed E-state index contributed by atoms with van der Waals surface area (Å²) in [6.07, 6.45) is 0.875. The third kappa shape index (κ3) is 8.44. The summed E-state index contributed by atoms with van der Waals surface area (Å²) in [4.78, 5) is 39.6. The number of rotatable bonds is 14. The normalized spacial score (nSPS) is 12.6. The Balaban J connectivity index is 2.20. The number of methoxy groups -OCH3 is 1. The zero-order chi connectivity index (χ0) is 33.5. The summed E-state index contributed by atoms with van der Waals surface area (Å²) in [5.74, 6) is -1.05. The Kier molecular flexibility index (Phi) is 12.2. The molecule has 2 atom stereocenters. The van der Waals surface area contributed by atoms with E-state index in [1.807, 2.05) is 13.8 Å². The molecule has 3 aromatic rings. The van der Waals surface area contributed by atoms with Gasteiger partial charge >= 0.3 is 0 Å². The number of nitro benzene ring substituents is 1. The van der Waals surface area contributed by atoms with Gasteiger partial charge < -0.3 is 15.0 Å². The second-order valence-corrected chi connectivity index (χ2v) is 13.1. The monoisotopic (exact) mass is 678 g/mol.